The summed E-state index contributed by atoms with van der Waals surface area (Å²) in [4.78, 5) is 0. The lowest BCUT2D eigenvalue weighted by Gasteiger charge is -2.25. The molecule has 0 bridgehead atoms. The Balaban J connectivity index is 1.52. The van der Waals surface area contributed by atoms with Gasteiger partial charge in [0.25, 0.3) is 0 Å². The molecule has 0 fully saturated rings. The molecule has 0 saturated heterocycles. The molecular weight excluding hydrogens is 344 g/mol. The average molecular weight is 373 g/mol. The molecule has 0 saturated carbocycles. The van der Waals surface area contributed by atoms with Crippen LogP contribution in [0.15, 0.2) is 48.5 Å². The molecule has 2 aromatic rings. The third-order valence-electron chi connectivity index (χ3n) is 4.74. The monoisotopic (exact) mass is 372 g/mol. The van der Waals surface area contributed by atoms with Crippen molar-refractivity contribution in [2.45, 2.75) is 57.5 Å². The summed E-state index contributed by atoms with van der Waals surface area (Å²) >= 11 is 0. The van der Waals surface area contributed by atoms with Crippen molar-refractivity contribution in [2.75, 3.05) is 0 Å². The first-order valence-corrected chi connectivity index (χ1v) is 10.9. The lowest BCUT2D eigenvalue weighted by molar-refractivity contribution is 0.457. The van der Waals surface area contributed by atoms with E-state index in [-0.39, 0.29) is 11.8 Å². The molecule has 0 radical (unpaired) electrons. The zero-order valence-electron chi connectivity index (χ0n) is 15.5. The Bertz CT molecular complexity index is 829. The molecule has 2 N–H and O–H groups in total. The van der Waals surface area contributed by atoms with Crippen molar-refractivity contribution in [3.63, 3.8) is 0 Å². The molecule has 26 heavy (non-hydrogen) atoms. The fraction of sp³-hybridized carbons (Fsp3) is 0.429. The van der Waals surface area contributed by atoms with Crippen LogP contribution in [0.25, 0.3) is 0 Å². The second-order valence-electron chi connectivity index (χ2n) is 7.44. The lowest BCUT2D eigenvalue weighted by Crippen LogP contribution is -2.34. The molecule has 2 aromatic carbocycles. The summed E-state index contributed by atoms with van der Waals surface area (Å²) < 4.78 is 26.6. The van der Waals surface area contributed by atoms with Gasteiger partial charge in [-0.15, -0.1) is 0 Å². The van der Waals surface area contributed by atoms with Gasteiger partial charge in [-0.25, -0.2) is 13.1 Å². The minimum Gasteiger partial charge on any atom is -0.310 e. The van der Waals surface area contributed by atoms with Gasteiger partial charge >= 0.3 is 0 Å². The van der Waals surface area contributed by atoms with Crippen molar-refractivity contribution < 1.29 is 8.42 Å². The van der Waals surface area contributed by atoms with Gasteiger partial charge in [0.05, 0.1) is 5.75 Å². The number of rotatable bonds is 7. The molecular formula is C21H28N2O2S. The fourth-order valence-corrected chi connectivity index (χ4v) is 4.94. The van der Waals surface area contributed by atoms with Crippen molar-refractivity contribution in [3.05, 3.63) is 70.8 Å². The predicted octanol–water partition coefficient (Wildman–Crippen LogP) is 3.16. The van der Waals surface area contributed by atoms with Gasteiger partial charge in [0, 0.05) is 18.6 Å². The summed E-state index contributed by atoms with van der Waals surface area (Å²) in [6.07, 6.45) is 3.37. The van der Waals surface area contributed by atoms with Gasteiger partial charge in [-0.3, -0.25) is 0 Å². The van der Waals surface area contributed by atoms with Gasteiger partial charge in [-0.2, -0.15) is 0 Å². The third-order valence-corrected chi connectivity index (χ3v) is 6.28. The highest BCUT2D eigenvalue weighted by Gasteiger charge is 2.17. The number of fused-ring (bicyclic) bond motifs is 1. The molecule has 4 nitrogen and oxygen atoms in total. The molecule has 3 rings (SSSR count). The Morgan fingerprint density at radius 3 is 2.35 bits per heavy atom. The summed E-state index contributed by atoms with van der Waals surface area (Å²) in [5, 5.41) is 3.64. The normalized spacial score (nSPS) is 17.3. The van der Waals surface area contributed by atoms with Gasteiger partial charge in [0.15, 0.2) is 0 Å². The quantitative estimate of drug-likeness (QED) is 0.785. The molecule has 0 unspecified atom stereocenters. The Hall–Kier alpha value is -1.69. The first kappa shape index (κ1) is 19.1. The zero-order chi connectivity index (χ0) is 18.6. The summed E-state index contributed by atoms with van der Waals surface area (Å²) in [5.74, 6) is 0.0261. The van der Waals surface area contributed by atoms with Crippen LogP contribution in [0.1, 0.15) is 42.5 Å². The van der Waals surface area contributed by atoms with E-state index in [2.05, 4.69) is 34.3 Å². The van der Waals surface area contributed by atoms with Crippen molar-refractivity contribution in [1.82, 2.24) is 10.0 Å². The van der Waals surface area contributed by atoms with Gasteiger partial charge in [-0.05, 0) is 55.4 Å². The van der Waals surface area contributed by atoms with Crippen LogP contribution in [0.5, 0.6) is 0 Å². The van der Waals surface area contributed by atoms with E-state index in [1.807, 2.05) is 38.1 Å². The summed E-state index contributed by atoms with van der Waals surface area (Å²) in [5.41, 5.74) is 4.93. The van der Waals surface area contributed by atoms with Crippen LogP contribution in [0.3, 0.4) is 0 Å². The molecule has 0 aromatic heterocycles. The Kier molecular flexibility index (Phi) is 6.12. The topological polar surface area (TPSA) is 58.2 Å². The number of hydrogen-bond acceptors (Lipinski definition) is 3. The second-order valence-corrected chi connectivity index (χ2v) is 9.19. The summed E-state index contributed by atoms with van der Waals surface area (Å²) in [6, 6.07) is 17.0. The van der Waals surface area contributed by atoms with Crippen LogP contribution < -0.4 is 10.0 Å². The maximum atomic E-state index is 12.0. The van der Waals surface area contributed by atoms with E-state index in [1.54, 1.807) is 0 Å². The van der Waals surface area contributed by atoms with Crippen molar-refractivity contribution in [2.24, 2.45) is 0 Å². The van der Waals surface area contributed by atoms with Gasteiger partial charge in [-0.1, -0.05) is 48.5 Å². The first-order chi connectivity index (χ1) is 12.4. The predicted molar refractivity (Wildman–Crippen MR) is 106 cm³/mol. The molecule has 1 aliphatic rings. The van der Waals surface area contributed by atoms with E-state index in [4.69, 9.17) is 0 Å². The van der Waals surface area contributed by atoms with Gasteiger partial charge < -0.3 is 5.32 Å². The van der Waals surface area contributed by atoms with Crippen molar-refractivity contribution in [3.8, 4) is 0 Å². The molecule has 5 heteroatoms. The van der Waals surface area contributed by atoms with Crippen molar-refractivity contribution in [1.29, 1.82) is 0 Å². The third kappa shape index (κ3) is 5.40. The van der Waals surface area contributed by atoms with Crippen molar-refractivity contribution >= 4 is 10.0 Å². The minimum absolute atomic E-state index is 0.0261. The van der Waals surface area contributed by atoms with Crippen LogP contribution >= 0.6 is 0 Å². The molecule has 0 spiro atoms. The smallest absolute Gasteiger partial charge is 0.216 e. The molecule has 1 atom stereocenters. The Morgan fingerprint density at radius 2 is 1.65 bits per heavy atom. The molecule has 0 aliphatic heterocycles. The maximum Gasteiger partial charge on any atom is 0.216 e. The molecule has 140 valence electrons. The largest absolute Gasteiger partial charge is 0.310 e. The van der Waals surface area contributed by atoms with E-state index in [0.29, 0.717) is 6.04 Å². The molecule has 0 heterocycles. The Labute approximate surface area is 157 Å². The van der Waals surface area contributed by atoms with E-state index < -0.39 is 10.0 Å². The first-order valence-electron chi connectivity index (χ1n) is 9.29. The highest BCUT2D eigenvalue weighted by molar-refractivity contribution is 7.88. The summed E-state index contributed by atoms with van der Waals surface area (Å²) in [7, 11) is -3.27. The number of hydrogen-bond donors (Lipinski definition) is 2. The van der Waals surface area contributed by atoms with Crippen LogP contribution in [0, 0.1) is 0 Å². The maximum absolute atomic E-state index is 12.0. The minimum atomic E-state index is -3.27. The van der Waals surface area contributed by atoms with E-state index in [1.165, 1.54) is 16.7 Å². The lowest BCUT2D eigenvalue weighted by atomic mass is 9.88. The van der Waals surface area contributed by atoms with Crippen LogP contribution in [-0.2, 0) is 35.2 Å². The summed E-state index contributed by atoms with van der Waals surface area (Å²) in [6.45, 7) is 4.47. The highest BCUT2D eigenvalue weighted by Crippen LogP contribution is 2.21. The number of benzene rings is 2. The van der Waals surface area contributed by atoms with Gasteiger partial charge in [0.1, 0.15) is 0 Å². The average Bonchev–Trinajstić information content (AvgIpc) is 2.59. The Morgan fingerprint density at radius 1 is 1.00 bits per heavy atom. The van der Waals surface area contributed by atoms with Crippen LogP contribution in [0.2, 0.25) is 0 Å². The number of nitrogens with one attached hydrogen (secondary N) is 2. The van der Waals surface area contributed by atoms with Crippen LogP contribution in [-0.4, -0.2) is 20.5 Å². The standard InChI is InChI=1S/C21H28N2O2S/c1-16(2)23-26(24,25)15-18-9-7-17(8-10-18)14-22-21-12-11-19-5-3-4-6-20(19)13-21/h3-10,16,21-23H,11-15H2,1-2H3/t21-/m0/s1. The van der Waals surface area contributed by atoms with E-state index in [9.17, 15) is 8.42 Å². The van der Waals surface area contributed by atoms with Gasteiger partial charge in [0.2, 0.25) is 10.0 Å². The SMILES string of the molecule is CC(C)NS(=O)(=O)Cc1ccc(CN[C@H]2CCc3ccccc3C2)cc1. The molecule has 1 aliphatic carbocycles. The van der Waals surface area contributed by atoms with E-state index >= 15 is 0 Å². The molecule has 0 amide bonds. The second kappa shape index (κ2) is 8.33. The fourth-order valence-electron chi connectivity index (χ4n) is 3.51. The number of aryl methyl sites for hydroxylation is 1. The highest BCUT2D eigenvalue weighted by atomic mass is 32.2. The number of sulfonamides is 1. The zero-order valence-corrected chi connectivity index (χ0v) is 16.4. The van der Waals surface area contributed by atoms with E-state index in [0.717, 1.165) is 31.4 Å². The van der Waals surface area contributed by atoms with Crippen LogP contribution in [0.4, 0.5) is 0 Å².